The molecular weight excluding hydrogens is 534 g/mol. The van der Waals surface area contributed by atoms with Crippen LogP contribution < -0.4 is 5.32 Å². The van der Waals surface area contributed by atoms with E-state index in [9.17, 15) is 18.0 Å². The number of aromatic nitrogens is 3. The number of anilines is 1. The van der Waals surface area contributed by atoms with Crippen LogP contribution in [0.15, 0.2) is 47.8 Å². The van der Waals surface area contributed by atoms with Gasteiger partial charge < -0.3 is 10.2 Å². The number of thiazole rings is 1. The minimum atomic E-state index is -3.55. The summed E-state index contributed by atoms with van der Waals surface area (Å²) in [7, 11) is -3.55. The topological polar surface area (TPSA) is 114 Å². The highest BCUT2D eigenvalue weighted by Crippen LogP contribution is 2.31. The van der Waals surface area contributed by atoms with Gasteiger partial charge in [0, 0.05) is 40.3 Å². The van der Waals surface area contributed by atoms with E-state index in [0.29, 0.717) is 29.5 Å². The molecule has 0 radical (unpaired) electrons. The van der Waals surface area contributed by atoms with Crippen LogP contribution in [-0.2, 0) is 14.8 Å². The van der Waals surface area contributed by atoms with Gasteiger partial charge in [-0.15, -0.1) is 11.3 Å². The molecule has 0 aliphatic carbocycles. The van der Waals surface area contributed by atoms with E-state index in [1.54, 1.807) is 19.9 Å². The molecule has 11 heteroatoms. The number of likely N-dealkylation sites (tertiary alicyclic amines) is 1. The van der Waals surface area contributed by atoms with E-state index < -0.39 is 16.1 Å². The Labute approximate surface area is 231 Å². The number of carbonyl (C=O) groups excluding carboxylic acids is 2. The number of carbonyl (C=O) groups is 2. The summed E-state index contributed by atoms with van der Waals surface area (Å²) in [6.45, 7) is 7.60. The first-order valence-electron chi connectivity index (χ1n) is 12.5. The molecule has 1 fully saturated rings. The fourth-order valence-corrected chi connectivity index (χ4v) is 6.94. The Morgan fingerprint density at radius 1 is 0.974 bits per heavy atom. The molecule has 4 aromatic rings. The number of hydrogen-bond donors (Lipinski definition) is 1. The summed E-state index contributed by atoms with van der Waals surface area (Å²) in [4.78, 5) is 36.8. The first kappa shape index (κ1) is 26.8. The van der Waals surface area contributed by atoms with Gasteiger partial charge in [-0.05, 0) is 69.5 Å². The first-order chi connectivity index (χ1) is 18.4. The van der Waals surface area contributed by atoms with Crippen LogP contribution >= 0.6 is 11.3 Å². The van der Waals surface area contributed by atoms with Crippen molar-refractivity contribution in [3.8, 4) is 22.4 Å². The molecule has 2 amide bonds. The van der Waals surface area contributed by atoms with Gasteiger partial charge in [0.05, 0.1) is 17.5 Å². The summed E-state index contributed by atoms with van der Waals surface area (Å²) in [5.41, 5.74) is 6.80. The quantitative estimate of drug-likeness (QED) is 0.368. The molecule has 3 aromatic heterocycles. The van der Waals surface area contributed by atoms with Crippen molar-refractivity contribution in [3.05, 3.63) is 76.2 Å². The van der Waals surface area contributed by atoms with Crippen LogP contribution in [0.2, 0.25) is 0 Å². The smallest absolute Gasteiger partial charge is 0.256 e. The van der Waals surface area contributed by atoms with E-state index in [4.69, 9.17) is 0 Å². The molecule has 39 heavy (non-hydrogen) atoms. The van der Waals surface area contributed by atoms with Crippen molar-refractivity contribution in [1.82, 2.24) is 18.8 Å². The molecule has 1 atom stereocenters. The van der Waals surface area contributed by atoms with Crippen LogP contribution in [0.1, 0.15) is 39.6 Å². The lowest BCUT2D eigenvalue weighted by molar-refractivity contribution is -0.123. The zero-order chi connectivity index (χ0) is 28.1. The first-order valence-corrected chi connectivity index (χ1v) is 15.2. The molecule has 1 aromatic carbocycles. The predicted molar refractivity (Wildman–Crippen MR) is 152 cm³/mol. The van der Waals surface area contributed by atoms with Gasteiger partial charge in [-0.25, -0.2) is 17.4 Å². The van der Waals surface area contributed by atoms with Gasteiger partial charge in [0.2, 0.25) is 15.9 Å². The van der Waals surface area contributed by atoms with Crippen molar-refractivity contribution in [2.45, 2.75) is 40.2 Å². The average molecular weight is 564 g/mol. The lowest BCUT2D eigenvalue weighted by Gasteiger charge is -2.39. The number of hydrogen-bond acceptors (Lipinski definition) is 7. The Morgan fingerprint density at radius 2 is 1.67 bits per heavy atom. The molecule has 5 rings (SSSR count). The molecule has 0 spiro atoms. The Bertz CT molecular complexity index is 1700. The second-order valence-electron chi connectivity index (χ2n) is 9.86. The fourth-order valence-electron chi connectivity index (χ4n) is 5.04. The third kappa shape index (κ3) is 5.24. The number of nitrogens with one attached hydrogen (secondary N) is 1. The van der Waals surface area contributed by atoms with E-state index >= 15 is 0 Å². The second kappa shape index (κ2) is 10.0. The minimum Gasteiger partial charge on any atom is -0.326 e. The summed E-state index contributed by atoms with van der Waals surface area (Å²) in [6.07, 6.45) is 1.62. The van der Waals surface area contributed by atoms with Crippen molar-refractivity contribution in [2.75, 3.05) is 18.1 Å². The van der Waals surface area contributed by atoms with Crippen LogP contribution in [0, 0.1) is 27.7 Å². The van der Waals surface area contributed by atoms with Crippen molar-refractivity contribution in [1.29, 1.82) is 0 Å². The van der Waals surface area contributed by atoms with Crippen LogP contribution in [-0.4, -0.2) is 57.9 Å². The molecule has 9 nitrogen and oxygen atoms in total. The van der Waals surface area contributed by atoms with Gasteiger partial charge >= 0.3 is 0 Å². The maximum absolute atomic E-state index is 13.2. The zero-order valence-electron chi connectivity index (χ0n) is 22.3. The molecule has 202 valence electrons. The monoisotopic (exact) mass is 563 g/mol. The van der Waals surface area contributed by atoms with E-state index in [2.05, 4.69) is 21.4 Å². The molecule has 1 aliphatic rings. The zero-order valence-corrected chi connectivity index (χ0v) is 24.0. The second-order valence-corrected chi connectivity index (χ2v) is 12.6. The highest BCUT2D eigenvalue weighted by molar-refractivity contribution is 7.89. The lowest BCUT2D eigenvalue weighted by atomic mass is 10.0. The average Bonchev–Trinajstić information content (AvgIpc) is 3.41. The maximum atomic E-state index is 13.2. The van der Waals surface area contributed by atoms with Gasteiger partial charge in [0.15, 0.2) is 5.13 Å². The highest BCUT2D eigenvalue weighted by Gasteiger charge is 2.39. The molecular formula is C28H29N5O4S2. The van der Waals surface area contributed by atoms with Crippen LogP contribution in [0.3, 0.4) is 0 Å². The third-order valence-corrected chi connectivity index (χ3v) is 8.80. The molecule has 0 bridgehead atoms. The minimum absolute atomic E-state index is 0.284. The van der Waals surface area contributed by atoms with Crippen LogP contribution in [0.5, 0.6) is 0 Å². The standard InChI is InChI=1S/C28H29N5O4S2/c1-16-11-22(12-17(2)29-16)20-7-6-8-21(14-20)24-15-38-28(30-24)31-26(34)25-9-10-32(25)27(35)23-13-18(3)33(19(23)4)39(5,36)37/h6-8,11-15,25H,9-10H2,1-5H3,(H,30,31,34)/t25-/m0/s1. The summed E-state index contributed by atoms with van der Waals surface area (Å²) in [6, 6.07) is 13.1. The Morgan fingerprint density at radius 3 is 2.28 bits per heavy atom. The maximum Gasteiger partial charge on any atom is 0.256 e. The van der Waals surface area contributed by atoms with Crippen LogP contribution in [0.25, 0.3) is 22.4 Å². The Kier molecular flexibility index (Phi) is 6.90. The van der Waals surface area contributed by atoms with Crippen LogP contribution in [0.4, 0.5) is 5.13 Å². The SMILES string of the molecule is Cc1cc(-c2cccc(-c3csc(NC(=O)[C@@H]4CCN4C(=O)c4cc(C)n(S(C)(=O)=O)c4C)n3)c2)cc(C)n1. The van der Waals surface area contributed by atoms with Gasteiger partial charge in [0.1, 0.15) is 6.04 Å². The van der Waals surface area contributed by atoms with Gasteiger partial charge in [0.25, 0.3) is 5.91 Å². The number of benzene rings is 1. The van der Waals surface area contributed by atoms with Crippen molar-refractivity contribution in [3.63, 3.8) is 0 Å². The summed E-state index contributed by atoms with van der Waals surface area (Å²) < 4.78 is 25.4. The molecule has 4 heterocycles. The molecule has 1 N–H and O–H groups in total. The van der Waals surface area contributed by atoms with E-state index in [0.717, 1.165) is 44.0 Å². The number of rotatable bonds is 6. The normalized spacial score (nSPS) is 15.2. The largest absolute Gasteiger partial charge is 0.326 e. The van der Waals surface area contributed by atoms with Gasteiger partial charge in [-0.2, -0.15) is 0 Å². The summed E-state index contributed by atoms with van der Waals surface area (Å²) in [5, 5.41) is 5.19. The summed E-state index contributed by atoms with van der Waals surface area (Å²) in [5.74, 6) is -0.675. The number of nitrogens with zero attached hydrogens (tertiary/aromatic N) is 4. The van der Waals surface area contributed by atoms with Crippen molar-refractivity contribution < 1.29 is 18.0 Å². The number of amides is 2. The van der Waals surface area contributed by atoms with Crippen molar-refractivity contribution in [2.24, 2.45) is 0 Å². The Hall–Kier alpha value is -3.83. The van der Waals surface area contributed by atoms with Crippen molar-refractivity contribution >= 4 is 38.3 Å². The summed E-state index contributed by atoms with van der Waals surface area (Å²) >= 11 is 1.32. The highest BCUT2D eigenvalue weighted by atomic mass is 32.2. The van der Waals surface area contributed by atoms with E-state index in [1.807, 2.05) is 49.6 Å². The predicted octanol–water partition coefficient (Wildman–Crippen LogP) is 4.57. The fraction of sp³-hybridized carbons (Fsp3) is 0.286. The lowest BCUT2D eigenvalue weighted by Crippen LogP contribution is -2.56. The molecule has 1 aliphatic heterocycles. The number of pyridine rings is 1. The number of aryl methyl sites for hydroxylation is 3. The Balaban J connectivity index is 1.30. The molecule has 1 saturated heterocycles. The molecule has 0 saturated carbocycles. The van der Waals surface area contributed by atoms with E-state index in [1.165, 1.54) is 16.2 Å². The molecule has 0 unspecified atom stereocenters. The van der Waals surface area contributed by atoms with Gasteiger partial charge in [-0.1, -0.05) is 18.2 Å². The third-order valence-electron chi connectivity index (χ3n) is 6.82. The van der Waals surface area contributed by atoms with E-state index in [-0.39, 0.29) is 17.4 Å². The van der Waals surface area contributed by atoms with Gasteiger partial charge in [-0.3, -0.25) is 14.6 Å².